The Morgan fingerprint density at radius 3 is 2.90 bits per heavy atom. The van der Waals surface area contributed by atoms with Crippen LogP contribution in [0.3, 0.4) is 0 Å². The van der Waals surface area contributed by atoms with Gasteiger partial charge in [-0.3, -0.25) is 0 Å². The number of hydrogen-bond acceptors (Lipinski definition) is 2. The van der Waals surface area contributed by atoms with Gasteiger partial charge in [0.25, 0.3) is 0 Å². The molecule has 0 amide bonds. The molecule has 4 rings (SSSR count). The number of rotatable bonds is 1. The van der Waals surface area contributed by atoms with Crippen LogP contribution in [-0.4, -0.2) is 24.0 Å². The lowest BCUT2D eigenvalue weighted by molar-refractivity contribution is 0.151. The van der Waals surface area contributed by atoms with Crippen molar-refractivity contribution in [1.29, 1.82) is 0 Å². The molecular weight excluding hydrogens is 262 g/mol. The summed E-state index contributed by atoms with van der Waals surface area (Å²) < 4.78 is 1.46. The Labute approximate surface area is 125 Å². The largest absolute Gasteiger partial charge is 0.300 e. The van der Waals surface area contributed by atoms with Crippen molar-refractivity contribution in [1.82, 2.24) is 4.90 Å². The van der Waals surface area contributed by atoms with Crippen molar-refractivity contribution in [3.63, 3.8) is 0 Å². The molecule has 1 aromatic heterocycles. The fourth-order valence-electron chi connectivity index (χ4n) is 4.17. The van der Waals surface area contributed by atoms with E-state index in [9.17, 15) is 0 Å². The van der Waals surface area contributed by atoms with Crippen molar-refractivity contribution >= 4 is 21.4 Å². The van der Waals surface area contributed by atoms with E-state index in [4.69, 9.17) is 0 Å². The van der Waals surface area contributed by atoms with Gasteiger partial charge in [-0.15, -0.1) is 11.3 Å². The fourth-order valence-corrected chi connectivity index (χ4v) is 5.21. The molecule has 2 unspecified atom stereocenters. The van der Waals surface area contributed by atoms with Crippen molar-refractivity contribution in [2.75, 3.05) is 13.1 Å². The molecule has 0 bridgehead atoms. The Balaban J connectivity index is 1.59. The lowest BCUT2D eigenvalue weighted by Crippen LogP contribution is -2.38. The lowest BCUT2D eigenvalue weighted by atomic mass is 9.90. The normalized spacial score (nSPS) is 28.2. The molecular formula is C18H23NS. The van der Waals surface area contributed by atoms with Crippen molar-refractivity contribution in [3.05, 3.63) is 35.2 Å². The van der Waals surface area contributed by atoms with Crippen molar-refractivity contribution in [2.45, 2.75) is 50.5 Å². The van der Waals surface area contributed by atoms with Gasteiger partial charge >= 0.3 is 0 Å². The van der Waals surface area contributed by atoms with E-state index in [2.05, 4.69) is 34.5 Å². The zero-order valence-corrected chi connectivity index (χ0v) is 12.9. The van der Waals surface area contributed by atoms with Gasteiger partial charge in [0.15, 0.2) is 0 Å². The van der Waals surface area contributed by atoms with Crippen molar-refractivity contribution < 1.29 is 0 Å². The maximum Gasteiger partial charge on any atom is 0.0345 e. The molecule has 2 heteroatoms. The highest BCUT2D eigenvalue weighted by atomic mass is 32.1. The topological polar surface area (TPSA) is 3.24 Å². The van der Waals surface area contributed by atoms with Crippen LogP contribution in [0.4, 0.5) is 0 Å². The van der Waals surface area contributed by atoms with Crippen LogP contribution in [0.2, 0.25) is 0 Å². The third-order valence-electron chi connectivity index (χ3n) is 5.31. The molecule has 20 heavy (non-hydrogen) atoms. The Kier molecular flexibility index (Phi) is 3.53. The van der Waals surface area contributed by atoms with Gasteiger partial charge in [0.05, 0.1) is 0 Å². The molecule has 3 heterocycles. The predicted octanol–water partition coefficient (Wildman–Crippen LogP) is 5.02. The molecule has 0 radical (unpaired) electrons. The number of hydrogen-bond donors (Lipinski definition) is 0. The summed E-state index contributed by atoms with van der Waals surface area (Å²) in [5.74, 6) is 0.789. The third kappa shape index (κ3) is 2.29. The van der Waals surface area contributed by atoms with Crippen LogP contribution in [-0.2, 0) is 0 Å². The van der Waals surface area contributed by atoms with E-state index in [1.54, 1.807) is 5.56 Å². The molecule has 1 aromatic carbocycles. The van der Waals surface area contributed by atoms with E-state index in [1.165, 1.54) is 61.7 Å². The SMILES string of the molecule is c1ccc2c(C3CCC4CCCCN4CC3)csc2c1. The minimum atomic E-state index is 0.789. The van der Waals surface area contributed by atoms with Crippen LogP contribution in [0.1, 0.15) is 50.0 Å². The maximum absolute atomic E-state index is 2.78. The van der Waals surface area contributed by atoms with E-state index < -0.39 is 0 Å². The van der Waals surface area contributed by atoms with Crippen LogP contribution in [0.25, 0.3) is 10.1 Å². The summed E-state index contributed by atoms with van der Waals surface area (Å²) in [4.78, 5) is 2.78. The Hall–Kier alpha value is -0.860. The molecule has 2 aliphatic rings. The maximum atomic E-state index is 2.78. The standard InChI is InChI=1S/C18H23NS/c1-2-7-18-16(6-1)17(13-20-18)14-8-9-15-5-3-4-11-19(15)12-10-14/h1-2,6-7,13-15H,3-5,8-12H2. The van der Waals surface area contributed by atoms with E-state index in [0.717, 1.165) is 12.0 Å². The van der Waals surface area contributed by atoms with Crippen LogP contribution in [0.5, 0.6) is 0 Å². The highest BCUT2D eigenvalue weighted by molar-refractivity contribution is 7.17. The Bertz CT molecular complexity index is 572. The van der Waals surface area contributed by atoms with Gasteiger partial charge < -0.3 is 4.90 Å². The average molecular weight is 285 g/mol. The first-order chi connectivity index (χ1) is 9.92. The molecule has 2 atom stereocenters. The summed E-state index contributed by atoms with van der Waals surface area (Å²) in [6, 6.07) is 9.83. The molecule has 0 aliphatic carbocycles. The van der Waals surface area contributed by atoms with Gasteiger partial charge in [0, 0.05) is 10.7 Å². The van der Waals surface area contributed by atoms with Crippen LogP contribution in [0.15, 0.2) is 29.6 Å². The number of nitrogens with zero attached hydrogens (tertiary/aromatic N) is 1. The van der Waals surface area contributed by atoms with Crippen molar-refractivity contribution in [3.8, 4) is 0 Å². The summed E-state index contributed by atoms with van der Waals surface area (Å²) in [5, 5.41) is 3.95. The number of thiophene rings is 1. The number of piperidine rings is 1. The zero-order valence-electron chi connectivity index (χ0n) is 12.1. The molecule has 0 saturated carbocycles. The average Bonchev–Trinajstić information content (AvgIpc) is 2.81. The van der Waals surface area contributed by atoms with Gasteiger partial charge in [-0.2, -0.15) is 0 Å². The second kappa shape index (κ2) is 5.50. The van der Waals surface area contributed by atoms with Gasteiger partial charge in [0.2, 0.25) is 0 Å². The van der Waals surface area contributed by atoms with E-state index in [1.807, 2.05) is 11.3 Å². The summed E-state index contributed by atoms with van der Waals surface area (Å²) in [7, 11) is 0. The first-order valence-electron chi connectivity index (χ1n) is 8.12. The molecule has 1 nitrogen and oxygen atoms in total. The highest BCUT2D eigenvalue weighted by Crippen LogP contribution is 2.38. The molecule has 106 valence electrons. The molecule has 2 aromatic rings. The summed E-state index contributed by atoms with van der Waals surface area (Å²) in [6.45, 7) is 2.67. The Morgan fingerprint density at radius 2 is 1.90 bits per heavy atom. The third-order valence-corrected chi connectivity index (χ3v) is 6.29. The first-order valence-corrected chi connectivity index (χ1v) is 9.00. The van der Waals surface area contributed by atoms with Crippen LogP contribution in [0, 0.1) is 0 Å². The smallest absolute Gasteiger partial charge is 0.0345 e. The molecule has 2 saturated heterocycles. The lowest BCUT2D eigenvalue weighted by Gasteiger charge is -2.33. The second-order valence-corrected chi connectivity index (χ2v) is 7.35. The molecule has 2 aliphatic heterocycles. The number of benzene rings is 1. The van der Waals surface area contributed by atoms with E-state index in [-0.39, 0.29) is 0 Å². The highest BCUT2D eigenvalue weighted by Gasteiger charge is 2.28. The first kappa shape index (κ1) is 12.8. The van der Waals surface area contributed by atoms with Crippen LogP contribution >= 0.6 is 11.3 Å². The van der Waals surface area contributed by atoms with Gasteiger partial charge in [-0.1, -0.05) is 24.6 Å². The minimum absolute atomic E-state index is 0.789. The minimum Gasteiger partial charge on any atom is -0.300 e. The van der Waals surface area contributed by atoms with Gasteiger partial charge in [-0.05, 0) is 73.5 Å². The summed E-state index contributed by atoms with van der Waals surface area (Å²) in [5.41, 5.74) is 1.63. The van der Waals surface area contributed by atoms with E-state index in [0.29, 0.717) is 0 Å². The van der Waals surface area contributed by atoms with Gasteiger partial charge in [0.1, 0.15) is 0 Å². The van der Waals surface area contributed by atoms with Crippen LogP contribution < -0.4 is 0 Å². The molecule has 2 fully saturated rings. The molecule has 0 N–H and O–H groups in total. The summed E-state index contributed by atoms with van der Waals surface area (Å²) >= 11 is 1.93. The summed E-state index contributed by atoms with van der Waals surface area (Å²) in [6.07, 6.45) is 8.47. The molecule has 0 spiro atoms. The zero-order chi connectivity index (χ0) is 13.4. The predicted molar refractivity (Wildman–Crippen MR) is 87.6 cm³/mol. The fraction of sp³-hybridized carbons (Fsp3) is 0.556. The second-order valence-electron chi connectivity index (χ2n) is 6.44. The Morgan fingerprint density at radius 1 is 0.950 bits per heavy atom. The van der Waals surface area contributed by atoms with Crippen molar-refractivity contribution in [2.24, 2.45) is 0 Å². The monoisotopic (exact) mass is 285 g/mol. The van der Waals surface area contributed by atoms with E-state index >= 15 is 0 Å². The quantitative estimate of drug-likeness (QED) is 0.711. The number of fused-ring (bicyclic) bond motifs is 2. The van der Waals surface area contributed by atoms with Gasteiger partial charge in [-0.25, -0.2) is 0 Å².